The van der Waals surface area contributed by atoms with Gasteiger partial charge < -0.3 is 0 Å². The number of benzene rings is 7. The summed E-state index contributed by atoms with van der Waals surface area (Å²) in [5.41, 5.74) is 7.61. The third-order valence-corrected chi connectivity index (χ3v) is 8.10. The molecular formula is C41H27N3. The Morgan fingerprint density at radius 1 is 0.273 bits per heavy atom. The first-order valence-corrected chi connectivity index (χ1v) is 14.8. The van der Waals surface area contributed by atoms with Crippen molar-refractivity contribution in [3.05, 3.63) is 164 Å². The van der Waals surface area contributed by atoms with Gasteiger partial charge in [0.15, 0.2) is 17.5 Å². The second kappa shape index (κ2) is 11.0. The summed E-state index contributed by atoms with van der Waals surface area (Å²) in [6.07, 6.45) is 0. The first-order valence-electron chi connectivity index (χ1n) is 14.8. The van der Waals surface area contributed by atoms with Gasteiger partial charge in [0.1, 0.15) is 0 Å². The van der Waals surface area contributed by atoms with Gasteiger partial charge in [-0.15, -0.1) is 0 Å². The Kier molecular flexibility index (Phi) is 6.47. The SMILES string of the molecule is c1ccc(-c2ccc3cc(-c4nc(-c5ccccc5)nc(-c5cccc6cccc(-c7ccccc7)c56)n4)ccc3c2)cc1. The largest absolute Gasteiger partial charge is 0.208 e. The summed E-state index contributed by atoms with van der Waals surface area (Å²) < 4.78 is 0. The van der Waals surface area contributed by atoms with Gasteiger partial charge in [-0.3, -0.25) is 0 Å². The van der Waals surface area contributed by atoms with Crippen LogP contribution >= 0.6 is 0 Å². The molecule has 7 aromatic carbocycles. The van der Waals surface area contributed by atoms with Crippen LogP contribution in [0.25, 0.3) is 78.0 Å². The van der Waals surface area contributed by atoms with Gasteiger partial charge in [-0.05, 0) is 50.5 Å². The topological polar surface area (TPSA) is 38.7 Å². The van der Waals surface area contributed by atoms with E-state index in [-0.39, 0.29) is 0 Å². The highest BCUT2D eigenvalue weighted by Gasteiger charge is 2.16. The minimum absolute atomic E-state index is 0.650. The number of nitrogens with zero attached hydrogens (tertiary/aromatic N) is 3. The van der Waals surface area contributed by atoms with Gasteiger partial charge in [0.25, 0.3) is 0 Å². The lowest BCUT2D eigenvalue weighted by Crippen LogP contribution is -2.01. The molecule has 206 valence electrons. The molecule has 0 aliphatic rings. The van der Waals surface area contributed by atoms with Crippen LogP contribution in [0, 0.1) is 0 Å². The summed E-state index contributed by atoms with van der Waals surface area (Å²) in [7, 11) is 0. The van der Waals surface area contributed by atoms with E-state index in [0.717, 1.165) is 44.0 Å². The fourth-order valence-electron chi connectivity index (χ4n) is 5.92. The standard InChI is InChI=1S/C41H27N3/c1-4-12-28(13-5-1)32-22-23-34-27-35(25-24-33(34)26-32)40-42-39(31-16-8-3-9-17-31)43-41(44-40)37-21-11-19-30-18-10-20-36(38(30)37)29-14-6-2-7-15-29/h1-27H. The molecule has 0 atom stereocenters. The maximum Gasteiger partial charge on any atom is 0.164 e. The molecule has 0 fully saturated rings. The molecule has 0 bridgehead atoms. The van der Waals surface area contributed by atoms with Crippen LogP contribution in [0.4, 0.5) is 0 Å². The van der Waals surface area contributed by atoms with Crippen molar-refractivity contribution in [2.45, 2.75) is 0 Å². The first kappa shape index (κ1) is 25.8. The lowest BCUT2D eigenvalue weighted by atomic mass is 9.94. The van der Waals surface area contributed by atoms with Crippen molar-refractivity contribution in [3.63, 3.8) is 0 Å². The van der Waals surface area contributed by atoms with Crippen LogP contribution in [0.2, 0.25) is 0 Å². The molecule has 0 saturated heterocycles. The fourth-order valence-corrected chi connectivity index (χ4v) is 5.92. The monoisotopic (exact) mass is 561 g/mol. The van der Waals surface area contributed by atoms with E-state index in [1.165, 1.54) is 16.5 Å². The molecule has 0 aliphatic heterocycles. The van der Waals surface area contributed by atoms with Crippen LogP contribution in [-0.2, 0) is 0 Å². The van der Waals surface area contributed by atoms with Crippen LogP contribution in [0.15, 0.2) is 164 Å². The van der Waals surface area contributed by atoms with Crippen molar-refractivity contribution in [2.24, 2.45) is 0 Å². The molecule has 3 heteroatoms. The molecule has 0 radical (unpaired) electrons. The molecule has 1 heterocycles. The van der Waals surface area contributed by atoms with Crippen molar-refractivity contribution in [1.82, 2.24) is 15.0 Å². The van der Waals surface area contributed by atoms with E-state index in [1.54, 1.807) is 0 Å². The Hall–Kier alpha value is -5.93. The van der Waals surface area contributed by atoms with Gasteiger partial charge in [0, 0.05) is 22.1 Å². The molecule has 1 aromatic heterocycles. The normalized spacial score (nSPS) is 11.2. The molecule has 0 saturated carbocycles. The van der Waals surface area contributed by atoms with E-state index < -0.39 is 0 Å². The summed E-state index contributed by atoms with van der Waals surface area (Å²) in [5.74, 6) is 1.96. The van der Waals surface area contributed by atoms with Gasteiger partial charge in [0.2, 0.25) is 0 Å². The molecule has 44 heavy (non-hydrogen) atoms. The second-order valence-electron chi connectivity index (χ2n) is 10.9. The van der Waals surface area contributed by atoms with E-state index in [2.05, 4.69) is 121 Å². The van der Waals surface area contributed by atoms with E-state index in [0.29, 0.717) is 17.5 Å². The molecule has 3 nitrogen and oxygen atoms in total. The van der Waals surface area contributed by atoms with Crippen molar-refractivity contribution < 1.29 is 0 Å². The van der Waals surface area contributed by atoms with Crippen molar-refractivity contribution in [3.8, 4) is 56.4 Å². The van der Waals surface area contributed by atoms with Crippen LogP contribution in [0.5, 0.6) is 0 Å². The Morgan fingerprint density at radius 3 is 1.43 bits per heavy atom. The Labute approximate surface area is 256 Å². The Balaban J connectivity index is 1.32. The predicted octanol–water partition coefficient (Wildman–Crippen LogP) is 10.5. The molecule has 8 aromatic rings. The van der Waals surface area contributed by atoms with Crippen molar-refractivity contribution >= 4 is 21.5 Å². The van der Waals surface area contributed by atoms with Crippen LogP contribution in [-0.4, -0.2) is 15.0 Å². The zero-order valence-corrected chi connectivity index (χ0v) is 23.9. The highest BCUT2D eigenvalue weighted by Crippen LogP contribution is 2.37. The van der Waals surface area contributed by atoms with E-state index in [9.17, 15) is 0 Å². The molecule has 0 unspecified atom stereocenters. The highest BCUT2D eigenvalue weighted by atomic mass is 15.0. The smallest absolute Gasteiger partial charge is 0.164 e. The average Bonchev–Trinajstić information content (AvgIpc) is 3.11. The number of hydrogen-bond donors (Lipinski definition) is 0. The number of aromatic nitrogens is 3. The quantitative estimate of drug-likeness (QED) is 0.210. The van der Waals surface area contributed by atoms with Crippen molar-refractivity contribution in [1.29, 1.82) is 0 Å². The maximum absolute atomic E-state index is 5.13. The minimum Gasteiger partial charge on any atom is -0.208 e. The summed E-state index contributed by atoms with van der Waals surface area (Å²) in [6.45, 7) is 0. The predicted molar refractivity (Wildman–Crippen MR) is 182 cm³/mol. The van der Waals surface area contributed by atoms with Crippen molar-refractivity contribution in [2.75, 3.05) is 0 Å². The molecule has 0 N–H and O–H groups in total. The zero-order chi connectivity index (χ0) is 29.3. The van der Waals surface area contributed by atoms with Crippen LogP contribution < -0.4 is 0 Å². The third-order valence-electron chi connectivity index (χ3n) is 8.10. The molecule has 0 amide bonds. The van der Waals surface area contributed by atoms with Gasteiger partial charge in [0.05, 0.1) is 0 Å². The average molecular weight is 562 g/mol. The summed E-state index contributed by atoms with van der Waals surface area (Å²) >= 11 is 0. The highest BCUT2D eigenvalue weighted by molar-refractivity contribution is 6.05. The summed E-state index contributed by atoms with van der Waals surface area (Å²) in [5, 5.41) is 4.59. The minimum atomic E-state index is 0.650. The van der Waals surface area contributed by atoms with E-state index >= 15 is 0 Å². The van der Waals surface area contributed by atoms with Crippen LogP contribution in [0.3, 0.4) is 0 Å². The van der Waals surface area contributed by atoms with Gasteiger partial charge in [-0.1, -0.05) is 152 Å². The van der Waals surface area contributed by atoms with E-state index in [1.807, 2.05) is 42.5 Å². The first-order chi connectivity index (χ1) is 21.8. The third kappa shape index (κ3) is 4.81. The molecule has 0 spiro atoms. The number of hydrogen-bond acceptors (Lipinski definition) is 3. The Bertz CT molecular complexity index is 2260. The summed E-state index contributed by atoms with van der Waals surface area (Å²) in [6, 6.07) is 57.0. The van der Waals surface area contributed by atoms with Gasteiger partial charge >= 0.3 is 0 Å². The summed E-state index contributed by atoms with van der Waals surface area (Å²) in [4.78, 5) is 15.2. The van der Waals surface area contributed by atoms with E-state index in [4.69, 9.17) is 15.0 Å². The molecule has 0 aliphatic carbocycles. The second-order valence-corrected chi connectivity index (χ2v) is 10.9. The van der Waals surface area contributed by atoms with Gasteiger partial charge in [-0.2, -0.15) is 0 Å². The lowest BCUT2D eigenvalue weighted by molar-refractivity contribution is 1.08. The molecular weight excluding hydrogens is 534 g/mol. The number of rotatable bonds is 5. The maximum atomic E-state index is 5.13. The Morgan fingerprint density at radius 2 is 0.773 bits per heavy atom. The van der Waals surface area contributed by atoms with Gasteiger partial charge in [-0.25, -0.2) is 15.0 Å². The lowest BCUT2D eigenvalue weighted by Gasteiger charge is -2.13. The fraction of sp³-hybridized carbons (Fsp3) is 0. The zero-order valence-electron chi connectivity index (χ0n) is 23.9. The van der Waals surface area contributed by atoms with Crippen LogP contribution in [0.1, 0.15) is 0 Å². The molecule has 8 rings (SSSR count). The number of fused-ring (bicyclic) bond motifs is 2.